The standard InChI is InChI=1S/C9H13N3O2/c1-6-11-7(5-14-6)9(13)12-8-3-2-4-10-8/h5,8,10H,2-4H2,1H3,(H,12,13). The molecule has 2 rings (SSSR count). The minimum Gasteiger partial charge on any atom is -0.448 e. The highest BCUT2D eigenvalue weighted by Crippen LogP contribution is 2.04. The lowest BCUT2D eigenvalue weighted by molar-refractivity contribution is 0.0928. The van der Waals surface area contributed by atoms with E-state index in [1.807, 2.05) is 0 Å². The molecule has 0 bridgehead atoms. The van der Waals surface area contributed by atoms with E-state index in [2.05, 4.69) is 15.6 Å². The van der Waals surface area contributed by atoms with E-state index in [-0.39, 0.29) is 12.1 Å². The highest BCUT2D eigenvalue weighted by Gasteiger charge is 2.18. The molecule has 1 aromatic rings. The lowest BCUT2D eigenvalue weighted by Gasteiger charge is -2.10. The van der Waals surface area contributed by atoms with E-state index in [9.17, 15) is 4.79 Å². The third-order valence-corrected chi connectivity index (χ3v) is 2.22. The van der Waals surface area contributed by atoms with Crippen LogP contribution in [0.2, 0.25) is 0 Å². The number of aryl methyl sites for hydroxylation is 1. The maximum Gasteiger partial charge on any atom is 0.274 e. The van der Waals surface area contributed by atoms with Crippen molar-refractivity contribution >= 4 is 5.91 Å². The second-order valence-corrected chi connectivity index (χ2v) is 3.37. The Morgan fingerprint density at radius 1 is 1.79 bits per heavy atom. The van der Waals surface area contributed by atoms with Crippen molar-refractivity contribution in [1.82, 2.24) is 15.6 Å². The zero-order valence-electron chi connectivity index (χ0n) is 8.04. The van der Waals surface area contributed by atoms with Crippen molar-refractivity contribution in [3.63, 3.8) is 0 Å². The fourth-order valence-electron chi connectivity index (χ4n) is 1.51. The number of rotatable bonds is 2. The number of nitrogens with one attached hydrogen (secondary N) is 2. The molecule has 76 valence electrons. The number of amides is 1. The van der Waals surface area contributed by atoms with E-state index in [1.165, 1.54) is 6.26 Å². The Labute approximate surface area is 81.9 Å². The number of carbonyl (C=O) groups is 1. The molecule has 1 amide bonds. The number of oxazole rings is 1. The third kappa shape index (κ3) is 1.93. The maximum absolute atomic E-state index is 11.5. The smallest absolute Gasteiger partial charge is 0.274 e. The van der Waals surface area contributed by atoms with Crippen LogP contribution < -0.4 is 10.6 Å². The average molecular weight is 195 g/mol. The summed E-state index contributed by atoms with van der Waals surface area (Å²) in [5.74, 6) is 0.329. The number of carbonyl (C=O) groups excluding carboxylic acids is 1. The van der Waals surface area contributed by atoms with Crippen LogP contribution >= 0.6 is 0 Å². The van der Waals surface area contributed by atoms with Gasteiger partial charge in [-0.1, -0.05) is 0 Å². The number of aromatic nitrogens is 1. The molecule has 0 aromatic carbocycles. The van der Waals surface area contributed by atoms with Crippen molar-refractivity contribution in [1.29, 1.82) is 0 Å². The van der Waals surface area contributed by atoms with E-state index in [4.69, 9.17) is 4.42 Å². The monoisotopic (exact) mass is 195 g/mol. The van der Waals surface area contributed by atoms with Gasteiger partial charge in [0.2, 0.25) is 0 Å². The van der Waals surface area contributed by atoms with E-state index in [1.54, 1.807) is 6.92 Å². The van der Waals surface area contributed by atoms with Crippen molar-refractivity contribution in [3.8, 4) is 0 Å². The molecule has 1 atom stereocenters. The molecule has 0 saturated carbocycles. The molecule has 0 spiro atoms. The number of hydrogen-bond donors (Lipinski definition) is 2. The molecule has 1 aliphatic heterocycles. The van der Waals surface area contributed by atoms with Crippen LogP contribution in [0, 0.1) is 6.92 Å². The highest BCUT2D eigenvalue weighted by molar-refractivity contribution is 5.92. The van der Waals surface area contributed by atoms with E-state index in [0.29, 0.717) is 11.6 Å². The summed E-state index contributed by atoms with van der Waals surface area (Å²) in [7, 11) is 0. The first-order valence-corrected chi connectivity index (χ1v) is 4.72. The van der Waals surface area contributed by atoms with E-state index in [0.717, 1.165) is 19.4 Å². The van der Waals surface area contributed by atoms with Crippen molar-refractivity contribution in [3.05, 3.63) is 17.8 Å². The van der Waals surface area contributed by atoms with Gasteiger partial charge >= 0.3 is 0 Å². The third-order valence-electron chi connectivity index (χ3n) is 2.22. The molecule has 5 nitrogen and oxygen atoms in total. The van der Waals surface area contributed by atoms with Crippen molar-refractivity contribution in [2.45, 2.75) is 25.9 Å². The Morgan fingerprint density at radius 2 is 2.64 bits per heavy atom. The predicted molar refractivity (Wildman–Crippen MR) is 49.7 cm³/mol. The first kappa shape index (κ1) is 9.21. The van der Waals surface area contributed by atoms with Gasteiger partial charge in [0.15, 0.2) is 11.6 Å². The van der Waals surface area contributed by atoms with Gasteiger partial charge in [-0.05, 0) is 19.4 Å². The Kier molecular flexibility index (Phi) is 2.49. The van der Waals surface area contributed by atoms with Crippen LogP contribution in [0.15, 0.2) is 10.7 Å². The Hall–Kier alpha value is -1.36. The van der Waals surface area contributed by atoms with Crippen molar-refractivity contribution in [2.75, 3.05) is 6.54 Å². The molecule has 0 radical (unpaired) electrons. The summed E-state index contributed by atoms with van der Waals surface area (Å²) in [5, 5.41) is 6.01. The van der Waals surface area contributed by atoms with E-state index >= 15 is 0 Å². The van der Waals surface area contributed by atoms with Crippen LogP contribution in [0.5, 0.6) is 0 Å². The van der Waals surface area contributed by atoms with Gasteiger partial charge in [-0.3, -0.25) is 10.1 Å². The van der Waals surface area contributed by atoms with Crippen LogP contribution in [-0.4, -0.2) is 23.6 Å². The summed E-state index contributed by atoms with van der Waals surface area (Å²) in [4.78, 5) is 15.5. The minimum absolute atomic E-state index is 0.0829. The second-order valence-electron chi connectivity index (χ2n) is 3.37. The molecule has 1 aliphatic rings. The molecule has 2 N–H and O–H groups in total. The lowest BCUT2D eigenvalue weighted by Crippen LogP contribution is -2.41. The molecule has 0 aliphatic carbocycles. The molecular weight excluding hydrogens is 182 g/mol. The summed E-state index contributed by atoms with van der Waals surface area (Å²) in [5.41, 5.74) is 0.344. The van der Waals surface area contributed by atoms with Crippen molar-refractivity contribution in [2.24, 2.45) is 0 Å². The van der Waals surface area contributed by atoms with Gasteiger partial charge in [0.25, 0.3) is 5.91 Å². The zero-order chi connectivity index (χ0) is 9.97. The largest absolute Gasteiger partial charge is 0.448 e. The molecule has 5 heteroatoms. The second kappa shape index (κ2) is 3.79. The lowest BCUT2D eigenvalue weighted by atomic mass is 10.3. The SMILES string of the molecule is Cc1nc(C(=O)NC2CCCN2)co1. The molecule has 14 heavy (non-hydrogen) atoms. The number of nitrogens with zero attached hydrogens (tertiary/aromatic N) is 1. The molecule has 2 heterocycles. The first-order chi connectivity index (χ1) is 6.75. The van der Waals surface area contributed by atoms with Crippen LogP contribution in [0.25, 0.3) is 0 Å². The van der Waals surface area contributed by atoms with Crippen molar-refractivity contribution < 1.29 is 9.21 Å². The fourth-order valence-corrected chi connectivity index (χ4v) is 1.51. The van der Waals surface area contributed by atoms with Gasteiger partial charge in [-0.15, -0.1) is 0 Å². The molecule has 1 saturated heterocycles. The summed E-state index contributed by atoms with van der Waals surface area (Å²) in [6, 6.07) is 0. The quantitative estimate of drug-likeness (QED) is 0.717. The van der Waals surface area contributed by atoms with E-state index < -0.39 is 0 Å². The summed E-state index contributed by atoms with van der Waals surface area (Å²) >= 11 is 0. The van der Waals surface area contributed by atoms with Crippen LogP contribution in [-0.2, 0) is 0 Å². The molecule has 1 fully saturated rings. The maximum atomic E-state index is 11.5. The highest BCUT2D eigenvalue weighted by atomic mass is 16.3. The summed E-state index contributed by atoms with van der Waals surface area (Å²) < 4.78 is 4.96. The first-order valence-electron chi connectivity index (χ1n) is 4.72. The predicted octanol–water partition coefficient (Wildman–Crippen LogP) is 0.422. The Morgan fingerprint density at radius 3 is 3.21 bits per heavy atom. The molecular formula is C9H13N3O2. The van der Waals surface area contributed by atoms with Gasteiger partial charge in [-0.2, -0.15) is 0 Å². The summed E-state index contributed by atoms with van der Waals surface area (Å²) in [6.45, 7) is 2.67. The molecule has 1 aromatic heterocycles. The normalized spacial score (nSPS) is 21.1. The van der Waals surface area contributed by atoms with Gasteiger partial charge in [-0.25, -0.2) is 4.98 Å². The zero-order valence-corrected chi connectivity index (χ0v) is 8.04. The average Bonchev–Trinajstić information content (AvgIpc) is 2.75. The van der Waals surface area contributed by atoms with Gasteiger partial charge in [0, 0.05) is 6.92 Å². The van der Waals surface area contributed by atoms with Crippen LogP contribution in [0.1, 0.15) is 29.2 Å². The van der Waals surface area contributed by atoms with Gasteiger partial charge < -0.3 is 9.73 Å². The Bertz CT molecular complexity index is 329. The summed E-state index contributed by atoms with van der Waals surface area (Å²) in [6.07, 6.45) is 3.53. The van der Waals surface area contributed by atoms with Gasteiger partial charge in [0.1, 0.15) is 6.26 Å². The number of hydrogen-bond acceptors (Lipinski definition) is 4. The van der Waals surface area contributed by atoms with Crippen LogP contribution in [0.3, 0.4) is 0 Å². The van der Waals surface area contributed by atoms with Crippen LogP contribution in [0.4, 0.5) is 0 Å². The Balaban J connectivity index is 1.95. The van der Waals surface area contributed by atoms with Gasteiger partial charge in [0.05, 0.1) is 6.17 Å². The minimum atomic E-state index is -0.179. The molecule has 1 unspecified atom stereocenters. The topological polar surface area (TPSA) is 67.2 Å². The fraction of sp³-hybridized carbons (Fsp3) is 0.556.